The summed E-state index contributed by atoms with van der Waals surface area (Å²) < 4.78 is 0. The molecule has 4 aliphatic carbocycles. The third-order valence-corrected chi connectivity index (χ3v) is 9.82. The summed E-state index contributed by atoms with van der Waals surface area (Å²) in [6, 6.07) is 0. The maximum absolute atomic E-state index is 12.3. The molecule has 0 aromatic rings. The molecule has 4 aliphatic rings. The number of fused-ring (bicyclic) bond motifs is 5. The van der Waals surface area contributed by atoms with Crippen LogP contribution < -0.4 is 0 Å². The molecule has 4 fully saturated rings. The van der Waals surface area contributed by atoms with Crippen molar-refractivity contribution in [1.29, 1.82) is 0 Å². The van der Waals surface area contributed by atoms with Gasteiger partial charge in [0.15, 0.2) is 0 Å². The molecule has 2 N–H and O–H groups in total. The van der Waals surface area contributed by atoms with Gasteiger partial charge in [0.1, 0.15) is 17.0 Å². The van der Waals surface area contributed by atoms with Gasteiger partial charge in [-0.2, -0.15) is 0 Å². The van der Waals surface area contributed by atoms with Crippen molar-refractivity contribution in [3.8, 4) is 11.8 Å². The zero-order valence-corrected chi connectivity index (χ0v) is 19.1. The van der Waals surface area contributed by atoms with Crippen molar-refractivity contribution in [3.63, 3.8) is 0 Å². The number of carbonyl (C=O) groups excluding carboxylic acids is 1. The Morgan fingerprint density at radius 2 is 1.66 bits per heavy atom. The fourth-order valence-corrected chi connectivity index (χ4v) is 8.30. The molecule has 0 aliphatic heterocycles. The Hall–Kier alpha value is -0.850. The Morgan fingerprint density at radius 1 is 0.966 bits per heavy atom. The summed E-state index contributed by atoms with van der Waals surface area (Å²) in [5.41, 5.74) is -1.52. The second kappa shape index (κ2) is 6.83. The lowest BCUT2D eigenvalue weighted by molar-refractivity contribution is -0.144. The molecule has 3 nitrogen and oxygen atoms in total. The zero-order valence-electron chi connectivity index (χ0n) is 19.1. The first-order valence-corrected chi connectivity index (χ1v) is 11.9. The molecule has 3 heteroatoms. The minimum Gasteiger partial charge on any atom is -0.378 e. The van der Waals surface area contributed by atoms with E-state index >= 15 is 0 Å². The third-order valence-electron chi connectivity index (χ3n) is 9.82. The van der Waals surface area contributed by atoms with Crippen LogP contribution in [0.15, 0.2) is 0 Å². The molecule has 4 rings (SSSR count). The van der Waals surface area contributed by atoms with E-state index in [0.29, 0.717) is 24.0 Å². The predicted molar refractivity (Wildman–Crippen MR) is 115 cm³/mol. The van der Waals surface area contributed by atoms with Gasteiger partial charge < -0.3 is 10.2 Å². The zero-order chi connectivity index (χ0) is 21.2. The van der Waals surface area contributed by atoms with Crippen LogP contribution in [0.25, 0.3) is 0 Å². The van der Waals surface area contributed by atoms with E-state index in [9.17, 15) is 15.0 Å². The largest absolute Gasteiger partial charge is 0.378 e. The van der Waals surface area contributed by atoms with Gasteiger partial charge in [0, 0.05) is 5.92 Å². The van der Waals surface area contributed by atoms with E-state index in [1.54, 1.807) is 20.8 Å². The van der Waals surface area contributed by atoms with Gasteiger partial charge in [-0.1, -0.05) is 25.7 Å². The van der Waals surface area contributed by atoms with Gasteiger partial charge >= 0.3 is 0 Å². The van der Waals surface area contributed by atoms with Crippen LogP contribution in [0.3, 0.4) is 0 Å². The van der Waals surface area contributed by atoms with Crippen molar-refractivity contribution in [2.45, 2.75) is 104 Å². The van der Waals surface area contributed by atoms with Crippen LogP contribution in [0.2, 0.25) is 0 Å². The van der Waals surface area contributed by atoms with E-state index < -0.39 is 11.2 Å². The van der Waals surface area contributed by atoms with E-state index in [1.807, 2.05) is 0 Å². The molecule has 0 saturated heterocycles. The number of Topliss-reactive ketones (excluding diaryl/α,β-unsaturated/α-hetero) is 1. The van der Waals surface area contributed by atoms with Crippen LogP contribution in [0.1, 0.15) is 92.4 Å². The summed E-state index contributed by atoms with van der Waals surface area (Å²) in [6.07, 6.45) is 9.63. The molecule has 0 unspecified atom stereocenters. The normalized spacial score (nSPS) is 49.3. The number of hydrogen-bond donors (Lipinski definition) is 2. The minimum absolute atomic E-state index is 0.212. The Kier molecular flexibility index (Phi) is 5.03. The molecule has 29 heavy (non-hydrogen) atoms. The maximum atomic E-state index is 12.3. The molecule has 0 bridgehead atoms. The molecule has 0 amide bonds. The Labute approximate surface area is 177 Å². The number of hydrogen-bond acceptors (Lipinski definition) is 3. The van der Waals surface area contributed by atoms with Crippen LogP contribution in [0, 0.1) is 52.3 Å². The van der Waals surface area contributed by atoms with Crippen LogP contribution in [-0.4, -0.2) is 27.2 Å². The quantitative estimate of drug-likeness (QED) is 0.625. The first-order chi connectivity index (χ1) is 13.4. The summed E-state index contributed by atoms with van der Waals surface area (Å²) in [4.78, 5) is 12.3. The number of ketones is 1. The standard InChI is InChI=1S/C26H40O3/c1-17(27)20-8-9-21-19-7-6-18-16-26(29,14-12-23(2,3)28)15-13-24(18,4)22(19)10-11-25(20,21)5/h18-22,28-29H,6-11,13,15-16H2,1-5H3/t18-,19+,20-,21+,22+,24+,25-,26-/m1/s1. The number of carbonyl (C=O) groups is 1. The molecule has 4 saturated carbocycles. The Bertz CT molecular complexity index is 739. The van der Waals surface area contributed by atoms with Crippen LogP contribution in [-0.2, 0) is 4.79 Å². The highest BCUT2D eigenvalue weighted by Gasteiger charge is 2.61. The molecular formula is C26H40O3. The second-order valence-electron chi connectivity index (χ2n) is 12.0. The van der Waals surface area contributed by atoms with E-state index in [0.717, 1.165) is 31.1 Å². The number of aliphatic hydroxyl groups is 2. The second-order valence-corrected chi connectivity index (χ2v) is 12.0. The highest BCUT2D eigenvalue weighted by atomic mass is 16.3. The van der Waals surface area contributed by atoms with E-state index in [2.05, 4.69) is 25.7 Å². The van der Waals surface area contributed by atoms with Gasteiger partial charge in [0.25, 0.3) is 0 Å². The van der Waals surface area contributed by atoms with Crippen LogP contribution in [0.4, 0.5) is 0 Å². The maximum Gasteiger partial charge on any atom is 0.133 e. The van der Waals surface area contributed by atoms with Gasteiger partial charge in [-0.25, -0.2) is 0 Å². The number of rotatable bonds is 1. The van der Waals surface area contributed by atoms with Crippen LogP contribution >= 0.6 is 0 Å². The SMILES string of the molecule is CC(=O)[C@H]1CC[C@H]2[C@@H]3CC[C@@H]4C[C@@](O)(C#CC(C)(C)O)CC[C@]4(C)[C@H]3CC[C@]12C. The van der Waals surface area contributed by atoms with Crippen molar-refractivity contribution < 1.29 is 15.0 Å². The lowest BCUT2D eigenvalue weighted by Crippen LogP contribution is -2.56. The molecule has 0 spiro atoms. The molecule has 0 radical (unpaired) electrons. The van der Waals surface area contributed by atoms with Crippen molar-refractivity contribution in [2.75, 3.05) is 0 Å². The monoisotopic (exact) mass is 400 g/mol. The highest BCUT2D eigenvalue weighted by Crippen LogP contribution is 2.68. The lowest BCUT2D eigenvalue weighted by Gasteiger charge is -2.61. The molecule has 162 valence electrons. The fourth-order valence-electron chi connectivity index (χ4n) is 8.30. The average Bonchev–Trinajstić information content (AvgIpc) is 2.98. The third kappa shape index (κ3) is 3.49. The minimum atomic E-state index is -1.06. The predicted octanol–water partition coefficient (Wildman–Crippen LogP) is 4.74. The van der Waals surface area contributed by atoms with Crippen molar-refractivity contribution in [2.24, 2.45) is 40.4 Å². The summed E-state index contributed by atoms with van der Waals surface area (Å²) in [5, 5.41) is 21.1. The first kappa shape index (κ1) is 21.4. The smallest absolute Gasteiger partial charge is 0.133 e. The van der Waals surface area contributed by atoms with Crippen molar-refractivity contribution in [1.82, 2.24) is 0 Å². The van der Waals surface area contributed by atoms with E-state index in [1.165, 1.54) is 32.1 Å². The summed E-state index contributed by atoms with van der Waals surface area (Å²) in [6.45, 7) is 10.1. The molecule has 0 aromatic carbocycles. The van der Waals surface area contributed by atoms with Gasteiger partial charge in [0.2, 0.25) is 0 Å². The van der Waals surface area contributed by atoms with Crippen molar-refractivity contribution >= 4 is 5.78 Å². The van der Waals surface area contributed by atoms with E-state index in [4.69, 9.17) is 0 Å². The molecular weight excluding hydrogens is 360 g/mol. The van der Waals surface area contributed by atoms with Crippen LogP contribution in [0.5, 0.6) is 0 Å². The molecule has 0 heterocycles. The molecule has 8 atom stereocenters. The van der Waals surface area contributed by atoms with Gasteiger partial charge in [0.05, 0.1) is 0 Å². The van der Waals surface area contributed by atoms with Gasteiger partial charge in [-0.3, -0.25) is 4.79 Å². The van der Waals surface area contributed by atoms with Crippen molar-refractivity contribution in [3.05, 3.63) is 0 Å². The van der Waals surface area contributed by atoms with Gasteiger partial charge in [-0.15, -0.1) is 0 Å². The van der Waals surface area contributed by atoms with Gasteiger partial charge in [-0.05, 0) is 113 Å². The Balaban J connectivity index is 1.55. The van der Waals surface area contributed by atoms with E-state index in [-0.39, 0.29) is 16.7 Å². The summed E-state index contributed by atoms with van der Waals surface area (Å²) in [7, 11) is 0. The highest BCUT2D eigenvalue weighted by molar-refractivity contribution is 5.79. The molecule has 0 aromatic heterocycles. The summed E-state index contributed by atoms with van der Waals surface area (Å²) >= 11 is 0. The Morgan fingerprint density at radius 3 is 2.31 bits per heavy atom. The first-order valence-electron chi connectivity index (χ1n) is 11.9. The topological polar surface area (TPSA) is 57.5 Å². The lowest BCUT2D eigenvalue weighted by atomic mass is 9.44. The average molecular weight is 401 g/mol. The summed E-state index contributed by atoms with van der Waals surface area (Å²) in [5.74, 6) is 9.25. The fraction of sp³-hybridized carbons (Fsp3) is 0.885.